The van der Waals surface area contributed by atoms with E-state index in [2.05, 4.69) is 11.9 Å². The lowest BCUT2D eigenvalue weighted by molar-refractivity contribution is -0.282. The Morgan fingerprint density at radius 1 is 1.09 bits per heavy atom. The Hall–Kier alpha value is -2.21. The van der Waals surface area contributed by atoms with Crippen LogP contribution in [0.5, 0.6) is 0 Å². The van der Waals surface area contributed by atoms with E-state index in [4.69, 9.17) is 19.2 Å². The minimum atomic E-state index is -1.10. The molecule has 0 aromatic carbocycles. The molecule has 45 heavy (non-hydrogen) atoms. The van der Waals surface area contributed by atoms with Crippen LogP contribution in [0.4, 0.5) is 0 Å². The number of aromatic nitrogens is 1. The van der Waals surface area contributed by atoms with E-state index in [9.17, 15) is 25.2 Å². The molecule has 0 bridgehead atoms. The van der Waals surface area contributed by atoms with Crippen LogP contribution in [0.25, 0.3) is 0 Å². The van der Waals surface area contributed by atoms with Gasteiger partial charge in [-0.05, 0) is 93.7 Å². The summed E-state index contributed by atoms with van der Waals surface area (Å²) < 4.78 is 17.5. The molecule has 246 valence electrons. The van der Waals surface area contributed by atoms with Gasteiger partial charge in [-0.2, -0.15) is 0 Å². The Balaban J connectivity index is 1.17. The van der Waals surface area contributed by atoms with Crippen molar-refractivity contribution in [3.63, 3.8) is 0 Å². The fraction of sp³-hybridized carbons (Fsp3) is 0.743. The minimum Gasteiger partial charge on any atom is -0.458 e. The first-order chi connectivity index (χ1) is 21.5. The van der Waals surface area contributed by atoms with Gasteiger partial charge in [0.1, 0.15) is 12.7 Å². The summed E-state index contributed by atoms with van der Waals surface area (Å²) >= 11 is 0. The van der Waals surface area contributed by atoms with Gasteiger partial charge < -0.3 is 34.6 Å². The average molecular weight is 625 g/mol. The van der Waals surface area contributed by atoms with Crippen molar-refractivity contribution in [2.45, 2.75) is 127 Å². The number of aliphatic hydroxyl groups excluding tert-OH is 2. The zero-order chi connectivity index (χ0) is 31.6. The highest BCUT2D eigenvalue weighted by Gasteiger charge is 2.71. The van der Waals surface area contributed by atoms with E-state index in [0.717, 1.165) is 30.5 Å². The van der Waals surface area contributed by atoms with Crippen LogP contribution in [-0.4, -0.2) is 86.1 Å². The first kappa shape index (κ1) is 31.4. The number of aliphatic imine (C=N–C) groups is 1. The molecule has 12 atom stereocenters. The molecule has 10 heteroatoms. The van der Waals surface area contributed by atoms with Gasteiger partial charge in [0.2, 0.25) is 0 Å². The summed E-state index contributed by atoms with van der Waals surface area (Å²) in [5, 5.41) is 45.9. The highest BCUT2D eigenvalue weighted by atomic mass is 16.7. The van der Waals surface area contributed by atoms with Crippen LogP contribution >= 0.6 is 0 Å². The number of fused-ring (bicyclic) bond motifs is 5. The number of nitrogens with zero attached hydrogens (tertiary/aromatic N) is 2. The van der Waals surface area contributed by atoms with Crippen molar-refractivity contribution < 1.29 is 39.4 Å². The van der Waals surface area contributed by atoms with Gasteiger partial charge in [0.15, 0.2) is 6.29 Å². The number of pyridine rings is 1. The van der Waals surface area contributed by atoms with E-state index in [1.54, 1.807) is 19.2 Å². The quantitative estimate of drug-likeness (QED) is 0.212. The van der Waals surface area contributed by atoms with Crippen LogP contribution in [0, 0.1) is 28.6 Å². The van der Waals surface area contributed by atoms with Crippen LogP contribution in [-0.2, 0) is 25.5 Å². The number of carbonyl (C=O) groups excluding carboxylic acids is 1. The first-order valence-corrected chi connectivity index (χ1v) is 16.9. The zero-order valence-electron chi connectivity index (χ0n) is 26.4. The molecule has 6 aliphatic rings. The van der Waals surface area contributed by atoms with E-state index in [1.165, 1.54) is 0 Å². The summed E-state index contributed by atoms with van der Waals surface area (Å²) in [6.45, 7) is 4.66. The molecule has 10 nitrogen and oxygen atoms in total. The maximum absolute atomic E-state index is 12.7. The van der Waals surface area contributed by atoms with Crippen molar-refractivity contribution in [1.82, 2.24) is 4.98 Å². The molecule has 5 fully saturated rings. The van der Waals surface area contributed by atoms with Gasteiger partial charge in [-0.15, -0.1) is 0 Å². The maximum Gasteiger partial charge on any atom is 0.331 e. The fourth-order valence-electron chi connectivity index (χ4n) is 10.6. The number of rotatable bonds is 6. The molecule has 12 unspecified atom stereocenters. The van der Waals surface area contributed by atoms with Crippen molar-refractivity contribution in [3.8, 4) is 0 Å². The molecule has 1 aromatic heterocycles. The summed E-state index contributed by atoms with van der Waals surface area (Å²) in [6.07, 6.45) is 8.31. The SMILES string of the molecule is CC1OC(OC2CCC3(C=NCc4ccccn4)C4CCC5(C)C(C6=CC(=O)OC6)CCC5(O)C4CCC3(O)C2)CC(O)C1O. The molecule has 3 heterocycles. The summed E-state index contributed by atoms with van der Waals surface area (Å²) in [4.78, 5) is 21.4. The number of carbonyl (C=O) groups is 1. The van der Waals surface area contributed by atoms with E-state index >= 15 is 0 Å². The second kappa shape index (κ2) is 11.5. The van der Waals surface area contributed by atoms with E-state index in [-0.39, 0.29) is 41.7 Å². The molecule has 4 N–H and O–H groups in total. The molecule has 0 spiro atoms. The third kappa shape index (κ3) is 5.02. The van der Waals surface area contributed by atoms with Gasteiger partial charge in [0.05, 0.1) is 41.8 Å². The van der Waals surface area contributed by atoms with Crippen molar-refractivity contribution in [2.24, 2.45) is 33.6 Å². The monoisotopic (exact) mass is 624 g/mol. The highest BCUT2D eigenvalue weighted by Crippen LogP contribution is 2.70. The number of hydrogen-bond donors (Lipinski definition) is 4. The van der Waals surface area contributed by atoms with Crippen molar-refractivity contribution >= 4 is 12.2 Å². The standard InChI is InChI=1S/C35H48N2O8/c1-21-31(40)28(38)16-30(44-21)45-24-6-11-33(20-36-18-23-5-3-4-14-37-23)26-7-10-32(2)25(22-15-29(39)43-19-22)9-13-35(32,42)27(26)8-12-34(33,41)17-24/h3-5,14-15,20-21,24-28,30-31,38,40-42H,6-13,16-19H2,1-2H3. The van der Waals surface area contributed by atoms with Gasteiger partial charge in [0.25, 0.3) is 0 Å². The van der Waals surface area contributed by atoms with Crippen LogP contribution in [0.15, 0.2) is 41.0 Å². The predicted molar refractivity (Wildman–Crippen MR) is 164 cm³/mol. The molecule has 1 saturated heterocycles. The zero-order valence-corrected chi connectivity index (χ0v) is 26.4. The molecule has 4 aliphatic carbocycles. The maximum atomic E-state index is 12.7. The Morgan fingerprint density at radius 3 is 2.64 bits per heavy atom. The lowest BCUT2D eigenvalue weighted by Gasteiger charge is -2.66. The molecular weight excluding hydrogens is 576 g/mol. The van der Waals surface area contributed by atoms with Crippen molar-refractivity contribution in [1.29, 1.82) is 0 Å². The number of hydrogen-bond acceptors (Lipinski definition) is 10. The molecule has 0 radical (unpaired) electrons. The Morgan fingerprint density at radius 2 is 1.91 bits per heavy atom. The van der Waals surface area contributed by atoms with Gasteiger partial charge in [-0.3, -0.25) is 9.98 Å². The second-order valence-corrected chi connectivity index (χ2v) is 15.0. The predicted octanol–water partition coefficient (Wildman–Crippen LogP) is 3.25. The van der Waals surface area contributed by atoms with Crippen LogP contribution in [0.2, 0.25) is 0 Å². The fourth-order valence-corrected chi connectivity index (χ4v) is 10.6. The third-order valence-electron chi connectivity index (χ3n) is 12.9. The normalized spacial score (nSPS) is 48.0. The minimum absolute atomic E-state index is 0.0157. The number of esters is 1. The Kier molecular flexibility index (Phi) is 8.02. The second-order valence-electron chi connectivity index (χ2n) is 15.0. The summed E-state index contributed by atoms with van der Waals surface area (Å²) in [7, 11) is 0. The lowest BCUT2D eigenvalue weighted by Crippen LogP contribution is -2.69. The van der Waals surface area contributed by atoms with Crippen LogP contribution < -0.4 is 0 Å². The van der Waals surface area contributed by atoms with Gasteiger partial charge in [-0.25, -0.2) is 4.79 Å². The average Bonchev–Trinajstić information content (AvgIpc) is 3.56. The van der Waals surface area contributed by atoms with E-state index in [1.807, 2.05) is 24.4 Å². The van der Waals surface area contributed by atoms with E-state index in [0.29, 0.717) is 51.7 Å². The highest BCUT2D eigenvalue weighted by molar-refractivity contribution is 5.85. The third-order valence-corrected chi connectivity index (χ3v) is 12.9. The smallest absolute Gasteiger partial charge is 0.331 e. The Labute approximate surface area is 264 Å². The molecule has 7 rings (SSSR count). The lowest BCUT2D eigenvalue weighted by atomic mass is 9.41. The first-order valence-electron chi connectivity index (χ1n) is 16.9. The van der Waals surface area contributed by atoms with Crippen LogP contribution in [0.1, 0.15) is 83.7 Å². The van der Waals surface area contributed by atoms with Gasteiger partial charge in [-0.1, -0.05) is 13.0 Å². The largest absolute Gasteiger partial charge is 0.458 e. The van der Waals surface area contributed by atoms with E-state index < -0.39 is 41.2 Å². The summed E-state index contributed by atoms with van der Waals surface area (Å²) in [6, 6.07) is 5.78. The Bertz CT molecular complexity index is 1330. The van der Waals surface area contributed by atoms with Crippen LogP contribution in [0.3, 0.4) is 0 Å². The van der Waals surface area contributed by atoms with Gasteiger partial charge >= 0.3 is 5.97 Å². The van der Waals surface area contributed by atoms with Crippen molar-refractivity contribution in [3.05, 3.63) is 41.7 Å². The number of cyclic esters (lactones) is 1. The number of ether oxygens (including phenoxy) is 3. The summed E-state index contributed by atoms with van der Waals surface area (Å²) in [5.41, 5.74) is -1.19. The molecule has 2 aliphatic heterocycles. The molecule has 1 aromatic rings. The molecule has 0 amide bonds. The molecule has 4 saturated carbocycles. The topological polar surface area (TPSA) is 151 Å². The summed E-state index contributed by atoms with van der Waals surface area (Å²) in [5.74, 6) is -0.181. The van der Waals surface area contributed by atoms with Gasteiger partial charge in [0, 0.05) is 42.2 Å². The van der Waals surface area contributed by atoms with Crippen molar-refractivity contribution in [2.75, 3.05) is 6.61 Å². The molecular formula is C35H48N2O8. The number of aliphatic hydroxyl groups is 4.